The van der Waals surface area contributed by atoms with Crippen LogP contribution in [-0.4, -0.2) is 33.5 Å². The second-order valence-electron chi connectivity index (χ2n) is 5.72. The van der Waals surface area contributed by atoms with Gasteiger partial charge in [-0.3, -0.25) is 4.79 Å². The van der Waals surface area contributed by atoms with Gasteiger partial charge in [0.25, 0.3) is 0 Å². The Kier molecular flexibility index (Phi) is 5.08. The van der Waals surface area contributed by atoms with Crippen LogP contribution in [0, 0.1) is 0 Å². The van der Waals surface area contributed by atoms with Gasteiger partial charge in [0.2, 0.25) is 15.9 Å². The topological polar surface area (TPSA) is 92.5 Å². The van der Waals surface area contributed by atoms with Gasteiger partial charge in [0, 0.05) is 18.3 Å². The number of carbonyl (C=O) groups excluding carboxylic acids is 1. The molecule has 122 valence electrons. The Hall–Kier alpha value is -1.60. The molecule has 1 aromatic rings. The summed E-state index contributed by atoms with van der Waals surface area (Å²) in [7, 11) is -3.70. The molecule has 0 fully saturated rings. The second-order valence-corrected chi connectivity index (χ2v) is 7.28. The summed E-state index contributed by atoms with van der Waals surface area (Å²) in [5.74, 6) is -0.0105. The molecule has 1 atom stereocenters. The van der Waals surface area contributed by atoms with Gasteiger partial charge >= 0.3 is 0 Å². The lowest BCUT2D eigenvalue weighted by atomic mass is 10.1. The van der Waals surface area contributed by atoms with Crippen LogP contribution in [0.1, 0.15) is 32.3 Å². The molecule has 3 N–H and O–H groups in total. The molecule has 0 saturated carbocycles. The first kappa shape index (κ1) is 16.8. The number of nitrogens with two attached hydrogens (primary N) is 1. The van der Waals surface area contributed by atoms with Crippen LogP contribution in [0.5, 0.6) is 0 Å². The van der Waals surface area contributed by atoms with Gasteiger partial charge < -0.3 is 10.2 Å². The highest BCUT2D eigenvalue weighted by atomic mass is 32.2. The fourth-order valence-electron chi connectivity index (χ4n) is 2.70. The minimum atomic E-state index is -3.70. The molecule has 0 radical (unpaired) electrons. The summed E-state index contributed by atoms with van der Waals surface area (Å²) in [5, 5.41) is 8.06. The van der Waals surface area contributed by atoms with E-state index < -0.39 is 10.0 Å². The average Bonchev–Trinajstić information content (AvgIpc) is 2.74. The van der Waals surface area contributed by atoms with E-state index in [2.05, 4.69) is 12.2 Å². The van der Waals surface area contributed by atoms with Crippen molar-refractivity contribution in [1.82, 2.24) is 5.32 Å². The van der Waals surface area contributed by atoms with Crippen molar-refractivity contribution in [2.75, 3.05) is 18.0 Å². The standard InChI is InChI=1S/C15H23N3O3S/c1-3-4-7-17-15(19)10-18-11(2)8-12-9-13(22(16,20)21)5-6-14(12)18/h5-6,9,11H,3-4,7-8,10H2,1-2H3,(H,17,19)(H2,16,20,21)/t11-/m0/s1. The summed E-state index contributed by atoms with van der Waals surface area (Å²) in [6, 6.07) is 4.99. The molecule has 0 spiro atoms. The van der Waals surface area contributed by atoms with Crippen molar-refractivity contribution >= 4 is 21.6 Å². The van der Waals surface area contributed by atoms with Crippen LogP contribution < -0.4 is 15.4 Å². The van der Waals surface area contributed by atoms with E-state index in [0.29, 0.717) is 13.0 Å². The first-order valence-electron chi connectivity index (χ1n) is 7.52. The number of hydrogen-bond donors (Lipinski definition) is 2. The van der Waals surface area contributed by atoms with E-state index in [4.69, 9.17) is 5.14 Å². The number of fused-ring (bicyclic) bond motifs is 1. The summed E-state index contributed by atoms with van der Waals surface area (Å²) >= 11 is 0. The molecule has 0 saturated heterocycles. The first-order chi connectivity index (χ1) is 10.3. The number of unbranched alkanes of at least 4 members (excludes halogenated alkanes) is 1. The molecule has 1 aromatic carbocycles. The van der Waals surface area contributed by atoms with Crippen LogP contribution in [0.25, 0.3) is 0 Å². The summed E-state index contributed by atoms with van der Waals surface area (Å²) < 4.78 is 22.8. The third kappa shape index (κ3) is 3.78. The molecular formula is C15H23N3O3S. The summed E-state index contributed by atoms with van der Waals surface area (Å²) in [6.07, 6.45) is 2.72. The normalized spacial score (nSPS) is 17.4. The van der Waals surface area contributed by atoms with Gasteiger partial charge in [-0.2, -0.15) is 0 Å². The van der Waals surface area contributed by atoms with Gasteiger partial charge in [-0.25, -0.2) is 13.6 Å². The molecule has 2 rings (SSSR count). The molecule has 22 heavy (non-hydrogen) atoms. The van der Waals surface area contributed by atoms with Crippen molar-refractivity contribution in [1.29, 1.82) is 0 Å². The van der Waals surface area contributed by atoms with Gasteiger partial charge in [0.1, 0.15) is 0 Å². The summed E-state index contributed by atoms with van der Waals surface area (Å²) in [4.78, 5) is 14.1. The zero-order chi connectivity index (χ0) is 16.3. The lowest BCUT2D eigenvalue weighted by Gasteiger charge is -2.24. The number of carbonyl (C=O) groups is 1. The fraction of sp³-hybridized carbons (Fsp3) is 0.533. The van der Waals surface area contributed by atoms with E-state index >= 15 is 0 Å². The Balaban J connectivity index is 2.12. The molecule has 6 nitrogen and oxygen atoms in total. The Morgan fingerprint density at radius 2 is 2.18 bits per heavy atom. The van der Waals surface area contributed by atoms with E-state index in [9.17, 15) is 13.2 Å². The van der Waals surface area contributed by atoms with Crippen molar-refractivity contribution in [3.8, 4) is 0 Å². The maximum atomic E-state index is 12.0. The lowest BCUT2D eigenvalue weighted by molar-refractivity contribution is -0.119. The molecular weight excluding hydrogens is 302 g/mol. The highest BCUT2D eigenvalue weighted by Crippen LogP contribution is 2.33. The third-order valence-corrected chi connectivity index (χ3v) is 4.81. The van der Waals surface area contributed by atoms with Crippen molar-refractivity contribution < 1.29 is 13.2 Å². The number of amides is 1. The molecule has 0 bridgehead atoms. The van der Waals surface area contributed by atoms with Gasteiger partial charge in [0.15, 0.2) is 0 Å². The van der Waals surface area contributed by atoms with Crippen molar-refractivity contribution in [3.63, 3.8) is 0 Å². The van der Waals surface area contributed by atoms with Crippen molar-refractivity contribution in [3.05, 3.63) is 23.8 Å². The van der Waals surface area contributed by atoms with Gasteiger partial charge in [0.05, 0.1) is 11.4 Å². The number of benzene rings is 1. The predicted octanol–water partition coefficient (Wildman–Crippen LogP) is 1.00. The zero-order valence-electron chi connectivity index (χ0n) is 13.0. The molecule has 0 aliphatic carbocycles. The first-order valence-corrected chi connectivity index (χ1v) is 9.06. The smallest absolute Gasteiger partial charge is 0.239 e. The Morgan fingerprint density at radius 3 is 2.82 bits per heavy atom. The molecule has 1 amide bonds. The predicted molar refractivity (Wildman–Crippen MR) is 86.2 cm³/mol. The number of rotatable bonds is 6. The number of hydrogen-bond acceptors (Lipinski definition) is 4. The monoisotopic (exact) mass is 325 g/mol. The molecule has 1 aliphatic heterocycles. The van der Waals surface area contributed by atoms with Gasteiger partial charge in [-0.05, 0) is 43.5 Å². The molecule has 0 aromatic heterocycles. The molecule has 7 heteroatoms. The van der Waals surface area contributed by atoms with E-state index in [1.165, 1.54) is 6.07 Å². The number of primary sulfonamides is 1. The molecule has 1 heterocycles. The van der Waals surface area contributed by atoms with Crippen LogP contribution in [0.3, 0.4) is 0 Å². The fourth-order valence-corrected chi connectivity index (χ4v) is 3.27. The van der Waals surface area contributed by atoms with Crippen LogP contribution in [0.4, 0.5) is 5.69 Å². The van der Waals surface area contributed by atoms with Gasteiger partial charge in [-0.1, -0.05) is 13.3 Å². The minimum Gasteiger partial charge on any atom is -0.359 e. The number of nitrogens with zero attached hydrogens (tertiary/aromatic N) is 1. The highest BCUT2D eigenvalue weighted by molar-refractivity contribution is 7.89. The Labute approximate surface area is 131 Å². The van der Waals surface area contributed by atoms with E-state index in [0.717, 1.165) is 24.1 Å². The van der Waals surface area contributed by atoms with Crippen molar-refractivity contribution in [2.45, 2.75) is 44.0 Å². The highest BCUT2D eigenvalue weighted by Gasteiger charge is 2.28. The largest absolute Gasteiger partial charge is 0.359 e. The SMILES string of the molecule is CCCCNC(=O)CN1c2ccc(S(N)(=O)=O)cc2C[C@@H]1C. The maximum absolute atomic E-state index is 12.0. The van der Waals surface area contributed by atoms with Gasteiger partial charge in [-0.15, -0.1) is 0 Å². The number of anilines is 1. The Morgan fingerprint density at radius 1 is 1.45 bits per heavy atom. The van der Waals surface area contributed by atoms with Crippen LogP contribution in [0.2, 0.25) is 0 Å². The third-order valence-electron chi connectivity index (χ3n) is 3.90. The summed E-state index contributed by atoms with van der Waals surface area (Å²) in [5.41, 5.74) is 1.82. The van der Waals surface area contributed by atoms with Crippen LogP contribution in [-0.2, 0) is 21.2 Å². The summed E-state index contributed by atoms with van der Waals surface area (Å²) in [6.45, 7) is 5.07. The van der Waals surface area contributed by atoms with Crippen LogP contribution in [0.15, 0.2) is 23.1 Å². The van der Waals surface area contributed by atoms with Crippen LogP contribution >= 0.6 is 0 Å². The number of nitrogens with one attached hydrogen (secondary N) is 1. The van der Waals surface area contributed by atoms with Crippen molar-refractivity contribution in [2.24, 2.45) is 5.14 Å². The average molecular weight is 325 g/mol. The second kappa shape index (κ2) is 6.66. The lowest BCUT2D eigenvalue weighted by Crippen LogP contribution is -2.40. The maximum Gasteiger partial charge on any atom is 0.239 e. The van der Waals surface area contributed by atoms with E-state index in [-0.39, 0.29) is 23.4 Å². The zero-order valence-corrected chi connectivity index (χ0v) is 13.8. The molecule has 1 aliphatic rings. The molecule has 0 unspecified atom stereocenters. The Bertz CT molecular complexity index is 658. The van der Waals surface area contributed by atoms with E-state index in [1.807, 2.05) is 11.8 Å². The van der Waals surface area contributed by atoms with E-state index in [1.54, 1.807) is 12.1 Å². The number of sulfonamides is 1. The quantitative estimate of drug-likeness (QED) is 0.763. The minimum absolute atomic E-state index is 0.0105.